The molecule has 2 aromatic rings. The van der Waals surface area contributed by atoms with Crippen molar-refractivity contribution in [2.24, 2.45) is 5.92 Å². The number of nitrogens with zero attached hydrogens (tertiary/aromatic N) is 3. The average molecular weight is 410 g/mol. The van der Waals surface area contributed by atoms with Crippen molar-refractivity contribution in [2.75, 3.05) is 37.7 Å². The molecule has 0 radical (unpaired) electrons. The Kier molecular flexibility index (Phi) is 7.19. The molecule has 27 heavy (non-hydrogen) atoms. The van der Waals surface area contributed by atoms with E-state index in [0.29, 0.717) is 25.6 Å². The minimum atomic E-state index is -0.180. The summed E-state index contributed by atoms with van der Waals surface area (Å²) in [6, 6.07) is 5.77. The minimum Gasteiger partial charge on any atom is -0.449 e. The normalized spacial score (nSPS) is 16.0. The van der Waals surface area contributed by atoms with Gasteiger partial charge in [-0.1, -0.05) is 56.0 Å². The number of aromatic nitrogens is 1. The predicted molar refractivity (Wildman–Crippen MR) is 113 cm³/mol. The van der Waals surface area contributed by atoms with Crippen molar-refractivity contribution in [3.63, 3.8) is 0 Å². The molecule has 1 amide bonds. The summed E-state index contributed by atoms with van der Waals surface area (Å²) >= 11 is 7.71. The maximum atomic E-state index is 12.4. The third-order valence-electron chi connectivity index (χ3n) is 5.13. The minimum absolute atomic E-state index is 0.180. The molecular formula is C20H28ClN3O2S. The monoisotopic (exact) mass is 409 g/mol. The van der Waals surface area contributed by atoms with Crippen molar-refractivity contribution in [3.05, 3.63) is 23.2 Å². The Bertz CT molecular complexity index is 759. The first kappa shape index (κ1) is 20.2. The Morgan fingerprint density at radius 1 is 1.30 bits per heavy atom. The van der Waals surface area contributed by atoms with Gasteiger partial charge in [-0.15, -0.1) is 0 Å². The number of piperazine rings is 1. The van der Waals surface area contributed by atoms with E-state index in [0.717, 1.165) is 46.3 Å². The number of benzene rings is 1. The van der Waals surface area contributed by atoms with E-state index < -0.39 is 0 Å². The molecule has 1 atom stereocenters. The highest BCUT2D eigenvalue weighted by atomic mass is 35.5. The number of hydrogen-bond acceptors (Lipinski definition) is 5. The molecule has 148 valence electrons. The number of rotatable bonds is 7. The van der Waals surface area contributed by atoms with E-state index in [9.17, 15) is 4.79 Å². The van der Waals surface area contributed by atoms with Crippen molar-refractivity contribution in [3.8, 4) is 0 Å². The zero-order valence-corrected chi connectivity index (χ0v) is 17.7. The van der Waals surface area contributed by atoms with Gasteiger partial charge in [0.2, 0.25) is 0 Å². The Balaban J connectivity index is 1.49. The summed E-state index contributed by atoms with van der Waals surface area (Å²) in [7, 11) is 0. The maximum absolute atomic E-state index is 12.4. The summed E-state index contributed by atoms with van der Waals surface area (Å²) in [6.45, 7) is 7.78. The lowest BCUT2D eigenvalue weighted by atomic mass is 10.0. The number of ether oxygens (including phenoxy) is 1. The average Bonchev–Trinajstić information content (AvgIpc) is 3.11. The molecule has 0 bridgehead atoms. The van der Waals surface area contributed by atoms with E-state index >= 15 is 0 Å². The highest BCUT2D eigenvalue weighted by Gasteiger charge is 2.24. The van der Waals surface area contributed by atoms with E-state index in [4.69, 9.17) is 21.3 Å². The fraction of sp³-hybridized carbons (Fsp3) is 0.600. The Labute approximate surface area is 170 Å². The molecule has 1 fully saturated rings. The molecule has 1 aliphatic heterocycles. The maximum Gasteiger partial charge on any atom is 0.409 e. The molecule has 1 unspecified atom stereocenters. The molecule has 0 spiro atoms. The van der Waals surface area contributed by atoms with Gasteiger partial charge in [0, 0.05) is 31.2 Å². The van der Waals surface area contributed by atoms with Gasteiger partial charge in [-0.2, -0.15) is 0 Å². The van der Waals surface area contributed by atoms with Crippen molar-refractivity contribution < 1.29 is 9.53 Å². The molecule has 1 aromatic heterocycles. The van der Waals surface area contributed by atoms with Crippen LogP contribution in [-0.4, -0.2) is 48.8 Å². The van der Waals surface area contributed by atoms with Crippen LogP contribution in [0.3, 0.4) is 0 Å². The third kappa shape index (κ3) is 5.26. The Morgan fingerprint density at radius 3 is 2.78 bits per heavy atom. The first-order valence-corrected chi connectivity index (χ1v) is 11.0. The molecule has 3 rings (SSSR count). The van der Waals surface area contributed by atoms with Gasteiger partial charge in [0.05, 0.1) is 16.8 Å². The van der Waals surface area contributed by atoms with Gasteiger partial charge in [-0.05, 0) is 30.5 Å². The first-order chi connectivity index (χ1) is 13.1. The molecule has 0 N–H and O–H groups in total. The van der Waals surface area contributed by atoms with Crippen LogP contribution in [0, 0.1) is 5.92 Å². The van der Waals surface area contributed by atoms with Crippen LogP contribution in [0.2, 0.25) is 5.02 Å². The van der Waals surface area contributed by atoms with E-state index in [-0.39, 0.29) is 6.09 Å². The van der Waals surface area contributed by atoms with Crippen LogP contribution in [0.25, 0.3) is 10.2 Å². The van der Waals surface area contributed by atoms with Crippen LogP contribution in [0.15, 0.2) is 18.2 Å². The van der Waals surface area contributed by atoms with Gasteiger partial charge >= 0.3 is 6.09 Å². The lowest BCUT2D eigenvalue weighted by molar-refractivity contribution is 0.0830. The van der Waals surface area contributed by atoms with Crippen LogP contribution in [0.4, 0.5) is 9.93 Å². The SMILES string of the molecule is CCCCC(CC)COC(=O)N1CCN(c2nc3ccc(Cl)cc3s2)CC1. The first-order valence-electron chi connectivity index (χ1n) is 9.83. The van der Waals surface area contributed by atoms with Gasteiger partial charge in [0.1, 0.15) is 0 Å². The van der Waals surface area contributed by atoms with Crippen molar-refractivity contribution in [2.45, 2.75) is 39.5 Å². The smallest absolute Gasteiger partial charge is 0.409 e. The van der Waals surface area contributed by atoms with E-state index in [1.54, 1.807) is 11.3 Å². The molecule has 0 aliphatic carbocycles. The second-order valence-corrected chi connectivity index (χ2v) is 8.52. The molecule has 1 saturated heterocycles. The number of halogens is 1. The zero-order valence-electron chi connectivity index (χ0n) is 16.1. The zero-order chi connectivity index (χ0) is 19.2. The summed E-state index contributed by atoms with van der Waals surface area (Å²) < 4.78 is 6.67. The highest BCUT2D eigenvalue weighted by Crippen LogP contribution is 2.31. The fourth-order valence-corrected chi connectivity index (χ4v) is 4.57. The second kappa shape index (κ2) is 9.60. The van der Waals surface area contributed by atoms with Crippen LogP contribution < -0.4 is 4.90 Å². The van der Waals surface area contributed by atoms with Crippen LogP contribution in [0.5, 0.6) is 0 Å². The lowest BCUT2D eigenvalue weighted by Gasteiger charge is -2.34. The van der Waals surface area contributed by atoms with Gasteiger partial charge in [-0.3, -0.25) is 0 Å². The van der Waals surface area contributed by atoms with E-state index in [1.165, 1.54) is 12.8 Å². The molecule has 1 aromatic carbocycles. The van der Waals surface area contributed by atoms with Gasteiger partial charge in [-0.25, -0.2) is 9.78 Å². The van der Waals surface area contributed by atoms with E-state index in [2.05, 4.69) is 18.7 Å². The summed E-state index contributed by atoms with van der Waals surface area (Å²) in [4.78, 5) is 21.1. The molecule has 7 heteroatoms. The summed E-state index contributed by atoms with van der Waals surface area (Å²) in [5, 5.41) is 1.72. The largest absolute Gasteiger partial charge is 0.449 e. The van der Waals surface area contributed by atoms with Crippen LogP contribution >= 0.6 is 22.9 Å². The summed E-state index contributed by atoms with van der Waals surface area (Å²) in [5.74, 6) is 0.477. The Morgan fingerprint density at radius 2 is 2.07 bits per heavy atom. The molecular weight excluding hydrogens is 382 g/mol. The van der Waals surface area contributed by atoms with E-state index in [1.807, 2.05) is 23.1 Å². The van der Waals surface area contributed by atoms with Gasteiger partial charge in [0.15, 0.2) is 5.13 Å². The highest BCUT2D eigenvalue weighted by molar-refractivity contribution is 7.22. The van der Waals surface area contributed by atoms with Crippen LogP contribution in [-0.2, 0) is 4.74 Å². The molecule has 1 aliphatic rings. The van der Waals surface area contributed by atoms with Gasteiger partial charge < -0.3 is 14.5 Å². The van der Waals surface area contributed by atoms with Crippen molar-refractivity contribution in [1.29, 1.82) is 0 Å². The fourth-order valence-electron chi connectivity index (χ4n) is 3.28. The lowest BCUT2D eigenvalue weighted by Crippen LogP contribution is -2.49. The van der Waals surface area contributed by atoms with Gasteiger partial charge in [0.25, 0.3) is 0 Å². The van der Waals surface area contributed by atoms with Crippen molar-refractivity contribution in [1.82, 2.24) is 9.88 Å². The number of unbranched alkanes of at least 4 members (excludes halogenated alkanes) is 1. The summed E-state index contributed by atoms with van der Waals surface area (Å²) in [6.07, 6.45) is 4.39. The Hall–Kier alpha value is -1.53. The molecule has 2 heterocycles. The number of anilines is 1. The van der Waals surface area contributed by atoms with Crippen molar-refractivity contribution >= 4 is 44.4 Å². The predicted octanol–water partition coefficient (Wildman–Crippen LogP) is 5.42. The number of amides is 1. The number of carbonyl (C=O) groups is 1. The quantitative estimate of drug-likeness (QED) is 0.612. The number of thiazole rings is 1. The number of hydrogen-bond donors (Lipinski definition) is 0. The molecule has 5 nitrogen and oxygen atoms in total. The van der Waals surface area contributed by atoms with Crippen LogP contribution in [0.1, 0.15) is 39.5 Å². The standard InChI is InChI=1S/C20H28ClN3O2S/c1-3-5-6-15(4-2)14-26-20(25)24-11-9-23(10-12-24)19-22-17-8-7-16(21)13-18(17)27-19/h7-8,13,15H,3-6,9-12,14H2,1-2H3. The topological polar surface area (TPSA) is 45.7 Å². The number of fused-ring (bicyclic) bond motifs is 1. The summed E-state index contributed by atoms with van der Waals surface area (Å²) in [5.41, 5.74) is 0.971. The number of carbonyl (C=O) groups excluding carboxylic acids is 1. The molecule has 0 saturated carbocycles. The second-order valence-electron chi connectivity index (χ2n) is 7.08. The third-order valence-corrected chi connectivity index (χ3v) is 6.45.